The van der Waals surface area contributed by atoms with Gasteiger partial charge < -0.3 is 19.6 Å². The lowest BCUT2D eigenvalue weighted by atomic mass is 10.0. The topological polar surface area (TPSA) is 82.0 Å². The third-order valence-electron chi connectivity index (χ3n) is 3.87. The highest BCUT2D eigenvalue weighted by molar-refractivity contribution is 6.04. The number of aromatic nitrogens is 1. The van der Waals surface area contributed by atoms with Gasteiger partial charge in [0, 0.05) is 30.9 Å². The van der Waals surface area contributed by atoms with E-state index in [9.17, 15) is 4.79 Å². The summed E-state index contributed by atoms with van der Waals surface area (Å²) in [5.74, 6) is 1.03. The molecule has 1 amide bonds. The first-order valence-corrected chi connectivity index (χ1v) is 7.83. The van der Waals surface area contributed by atoms with Crippen LogP contribution in [0.25, 0.3) is 0 Å². The highest BCUT2D eigenvalue weighted by atomic mass is 16.6. The average molecular weight is 341 g/mol. The number of ether oxygens (including phenoxy) is 2. The lowest BCUT2D eigenvalue weighted by Gasteiger charge is -2.10. The zero-order chi connectivity index (χ0) is 17.6. The maximum atomic E-state index is 12.2. The molecule has 1 aromatic heterocycles. The summed E-state index contributed by atoms with van der Waals surface area (Å²) in [6.45, 7) is 0.401. The predicted octanol–water partition coefficient (Wildman–Crippen LogP) is 1.91. The van der Waals surface area contributed by atoms with Gasteiger partial charge in [-0.3, -0.25) is 9.78 Å². The summed E-state index contributed by atoms with van der Waals surface area (Å²) in [5, 5.41) is 6.87. The van der Waals surface area contributed by atoms with Crippen LogP contribution in [0, 0.1) is 0 Å². The maximum absolute atomic E-state index is 12.2. The molecule has 2 aromatic rings. The molecule has 7 nitrogen and oxygen atoms in total. The number of benzene rings is 1. The second-order valence-corrected chi connectivity index (χ2v) is 5.48. The maximum Gasteiger partial charge on any atom is 0.264 e. The smallest absolute Gasteiger partial charge is 0.264 e. The van der Waals surface area contributed by atoms with Crippen LogP contribution in [0.2, 0.25) is 0 Å². The van der Waals surface area contributed by atoms with Gasteiger partial charge >= 0.3 is 0 Å². The van der Waals surface area contributed by atoms with Crippen LogP contribution in [-0.2, 0) is 16.2 Å². The second-order valence-electron chi connectivity index (χ2n) is 5.48. The fraction of sp³-hybridized carbons (Fsp3) is 0.278. The minimum atomic E-state index is -0.639. The lowest BCUT2D eigenvalue weighted by Crippen LogP contribution is -2.34. The summed E-state index contributed by atoms with van der Waals surface area (Å²) in [7, 11) is 3.15. The molecule has 0 bridgehead atoms. The van der Waals surface area contributed by atoms with Crippen molar-refractivity contribution in [1.29, 1.82) is 0 Å². The Hall–Kier alpha value is -3.09. The molecule has 0 saturated carbocycles. The van der Waals surface area contributed by atoms with Crippen molar-refractivity contribution in [3.05, 3.63) is 53.9 Å². The molecular formula is C18H19N3O4. The lowest BCUT2D eigenvalue weighted by molar-refractivity contribution is -0.131. The van der Waals surface area contributed by atoms with Crippen LogP contribution in [-0.4, -0.2) is 36.9 Å². The zero-order valence-corrected chi connectivity index (χ0v) is 14.1. The number of carbonyl (C=O) groups excluding carboxylic acids is 1. The van der Waals surface area contributed by atoms with E-state index in [1.165, 1.54) is 0 Å². The first-order valence-electron chi connectivity index (χ1n) is 7.83. The van der Waals surface area contributed by atoms with Crippen LogP contribution in [0.3, 0.4) is 0 Å². The number of hydrogen-bond acceptors (Lipinski definition) is 6. The molecule has 1 aromatic carbocycles. The summed E-state index contributed by atoms with van der Waals surface area (Å²) in [6.07, 6.45) is 3.16. The van der Waals surface area contributed by atoms with Crippen molar-refractivity contribution >= 4 is 11.6 Å². The fourth-order valence-corrected chi connectivity index (χ4v) is 2.51. The molecule has 0 saturated heterocycles. The van der Waals surface area contributed by atoms with Crippen LogP contribution in [0.15, 0.2) is 47.9 Å². The molecule has 7 heteroatoms. The second kappa shape index (κ2) is 7.65. The fourth-order valence-electron chi connectivity index (χ4n) is 2.51. The summed E-state index contributed by atoms with van der Waals surface area (Å²) >= 11 is 0. The molecule has 0 radical (unpaired) electrons. The quantitative estimate of drug-likeness (QED) is 0.868. The number of hydrogen-bond donors (Lipinski definition) is 1. The molecule has 1 aliphatic rings. The van der Waals surface area contributed by atoms with Gasteiger partial charge in [0.25, 0.3) is 5.91 Å². The van der Waals surface area contributed by atoms with Gasteiger partial charge in [-0.25, -0.2) is 0 Å². The number of nitrogens with zero attached hydrogens (tertiary/aromatic N) is 2. The minimum Gasteiger partial charge on any atom is -0.493 e. The van der Waals surface area contributed by atoms with Crippen molar-refractivity contribution in [3.8, 4) is 11.5 Å². The van der Waals surface area contributed by atoms with Crippen LogP contribution in [0.4, 0.5) is 0 Å². The summed E-state index contributed by atoms with van der Waals surface area (Å²) in [5.41, 5.74) is 2.46. The Morgan fingerprint density at radius 1 is 1.28 bits per heavy atom. The van der Waals surface area contributed by atoms with Gasteiger partial charge in [0.05, 0.1) is 19.9 Å². The number of rotatable bonds is 6. The van der Waals surface area contributed by atoms with E-state index in [0.717, 1.165) is 11.1 Å². The number of pyridine rings is 1. The van der Waals surface area contributed by atoms with Crippen molar-refractivity contribution in [2.75, 3.05) is 14.2 Å². The number of carbonyl (C=O) groups is 1. The van der Waals surface area contributed by atoms with Crippen molar-refractivity contribution in [1.82, 2.24) is 10.3 Å². The molecule has 25 heavy (non-hydrogen) atoms. The average Bonchev–Trinajstić information content (AvgIpc) is 3.16. The van der Waals surface area contributed by atoms with Gasteiger partial charge in [0.2, 0.25) is 6.10 Å². The normalized spacial score (nSPS) is 15.9. The molecule has 0 aliphatic carbocycles. The van der Waals surface area contributed by atoms with Crippen LogP contribution in [0.5, 0.6) is 11.5 Å². The van der Waals surface area contributed by atoms with E-state index >= 15 is 0 Å². The van der Waals surface area contributed by atoms with E-state index < -0.39 is 6.10 Å². The SMILES string of the molecule is COc1ccc(C2=NO[C@H](C(=O)NCc3cccnc3)C2)cc1OC. The van der Waals surface area contributed by atoms with E-state index in [-0.39, 0.29) is 5.91 Å². The monoisotopic (exact) mass is 341 g/mol. The largest absolute Gasteiger partial charge is 0.493 e. The molecule has 0 fully saturated rings. The third kappa shape index (κ3) is 3.88. The summed E-state index contributed by atoms with van der Waals surface area (Å²) in [4.78, 5) is 21.5. The van der Waals surface area contributed by atoms with Gasteiger partial charge in [-0.15, -0.1) is 0 Å². The number of amides is 1. The third-order valence-corrected chi connectivity index (χ3v) is 3.87. The van der Waals surface area contributed by atoms with Gasteiger partial charge in [-0.1, -0.05) is 11.2 Å². The van der Waals surface area contributed by atoms with E-state index in [4.69, 9.17) is 14.3 Å². The first-order chi connectivity index (χ1) is 12.2. The first kappa shape index (κ1) is 16.8. The molecule has 1 atom stereocenters. The number of methoxy groups -OCH3 is 2. The van der Waals surface area contributed by atoms with Crippen LogP contribution < -0.4 is 14.8 Å². The van der Waals surface area contributed by atoms with Gasteiger partial charge in [0.15, 0.2) is 11.5 Å². The van der Waals surface area contributed by atoms with Crippen molar-refractivity contribution in [2.24, 2.45) is 5.16 Å². The van der Waals surface area contributed by atoms with E-state index in [2.05, 4.69) is 15.5 Å². The molecule has 0 spiro atoms. The van der Waals surface area contributed by atoms with E-state index in [0.29, 0.717) is 30.2 Å². The highest BCUT2D eigenvalue weighted by Gasteiger charge is 2.29. The molecular weight excluding hydrogens is 322 g/mol. The molecule has 130 valence electrons. The molecule has 0 unspecified atom stereocenters. The Balaban J connectivity index is 1.60. The van der Waals surface area contributed by atoms with Crippen molar-refractivity contribution in [2.45, 2.75) is 19.1 Å². The summed E-state index contributed by atoms with van der Waals surface area (Å²) < 4.78 is 10.5. The predicted molar refractivity (Wildman–Crippen MR) is 91.7 cm³/mol. The van der Waals surface area contributed by atoms with Crippen molar-refractivity contribution < 1.29 is 19.1 Å². The molecule has 3 rings (SSSR count). The molecule has 1 aliphatic heterocycles. The van der Waals surface area contributed by atoms with Crippen molar-refractivity contribution in [3.63, 3.8) is 0 Å². The summed E-state index contributed by atoms with van der Waals surface area (Å²) in [6, 6.07) is 9.20. The standard InChI is InChI=1S/C18H19N3O4/c1-23-15-6-5-13(8-16(15)24-2)14-9-17(25-21-14)18(22)20-11-12-4-3-7-19-10-12/h3-8,10,17H,9,11H2,1-2H3,(H,20,22)/t17-/m0/s1. The van der Waals surface area contributed by atoms with Gasteiger partial charge in [-0.05, 0) is 29.8 Å². The zero-order valence-electron chi connectivity index (χ0n) is 14.1. The Labute approximate surface area is 145 Å². The van der Waals surface area contributed by atoms with Crippen LogP contribution in [0.1, 0.15) is 17.5 Å². The highest BCUT2D eigenvalue weighted by Crippen LogP contribution is 2.29. The Bertz CT molecular complexity index is 777. The Kier molecular flexibility index (Phi) is 5.13. The minimum absolute atomic E-state index is 0.205. The van der Waals surface area contributed by atoms with Gasteiger partial charge in [-0.2, -0.15) is 0 Å². The molecule has 1 N–H and O–H groups in total. The van der Waals surface area contributed by atoms with E-state index in [1.54, 1.807) is 32.7 Å². The van der Waals surface area contributed by atoms with E-state index in [1.807, 2.05) is 24.3 Å². The van der Waals surface area contributed by atoms with Crippen LogP contribution >= 0.6 is 0 Å². The van der Waals surface area contributed by atoms with Gasteiger partial charge in [0.1, 0.15) is 0 Å². The number of oxime groups is 1. The number of nitrogens with one attached hydrogen (secondary N) is 1. The molecule has 2 heterocycles. The Morgan fingerprint density at radius 3 is 2.84 bits per heavy atom. The Morgan fingerprint density at radius 2 is 2.12 bits per heavy atom.